The summed E-state index contributed by atoms with van der Waals surface area (Å²) in [5, 5.41) is 2.99. The van der Waals surface area contributed by atoms with Gasteiger partial charge in [-0.1, -0.05) is 0 Å². The zero-order valence-electron chi connectivity index (χ0n) is 7.43. The molecule has 62 valence electrons. The summed E-state index contributed by atoms with van der Waals surface area (Å²) in [4.78, 5) is 11.2. The molecule has 0 amide bonds. The zero-order valence-corrected chi connectivity index (χ0v) is 7.43. The summed E-state index contributed by atoms with van der Waals surface area (Å²) >= 11 is 0. The molecule has 1 aromatic heterocycles. The summed E-state index contributed by atoms with van der Waals surface area (Å²) in [6, 6.07) is 1.60. The molecule has 3 nitrogen and oxygen atoms in total. The van der Waals surface area contributed by atoms with Crippen molar-refractivity contribution in [2.24, 2.45) is 0 Å². The Balaban J connectivity index is 3.25. The Labute approximate surface area is 66.0 Å². The second-order valence-corrected chi connectivity index (χ2v) is 3.78. The summed E-state index contributed by atoms with van der Waals surface area (Å²) in [7, 11) is 0. The SMILES string of the molecule is Cc1cc(=O)n(C(C)(C)C)[nH]1. The van der Waals surface area contributed by atoms with Crippen molar-refractivity contribution in [3.05, 3.63) is 22.1 Å². The van der Waals surface area contributed by atoms with Gasteiger partial charge in [0.2, 0.25) is 0 Å². The maximum atomic E-state index is 11.2. The average Bonchev–Trinajstić information content (AvgIpc) is 2.08. The third-order valence-electron chi connectivity index (χ3n) is 1.52. The Morgan fingerprint density at radius 3 is 2.18 bits per heavy atom. The normalized spacial score (nSPS) is 12.0. The highest BCUT2D eigenvalue weighted by Gasteiger charge is 2.15. The first-order chi connectivity index (χ1) is 4.91. The molecule has 0 bridgehead atoms. The molecule has 0 spiro atoms. The van der Waals surface area contributed by atoms with E-state index in [1.54, 1.807) is 10.7 Å². The largest absolute Gasteiger partial charge is 0.300 e. The molecule has 0 aliphatic heterocycles. The van der Waals surface area contributed by atoms with Crippen LogP contribution < -0.4 is 5.56 Å². The molecule has 0 fully saturated rings. The van der Waals surface area contributed by atoms with E-state index < -0.39 is 0 Å². The second kappa shape index (κ2) is 2.26. The molecule has 3 heteroatoms. The molecule has 0 unspecified atom stereocenters. The fraction of sp³-hybridized carbons (Fsp3) is 0.625. The van der Waals surface area contributed by atoms with E-state index in [1.807, 2.05) is 27.7 Å². The lowest BCUT2D eigenvalue weighted by atomic mass is 10.1. The van der Waals surface area contributed by atoms with Crippen molar-refractivity contribution < 1.29 is 0 Å². The van der Waals surface area contributed by atoms with Crippen molar-refractivity contribution in [2.45, 2.75) is 33.2 Å². The molecule has 0 saturated carbocycles. The van der Waals surface area contributed by atoms with E-state index in [1.165, 1.54) is 0 Å². The standard InChI is InChI=1S/C8H14N2O/c1-6-5-7(11)10(9-6)8(2,3)4/h5,9H,1-4H3. The quantitative estimate of drug-likeness (QED) is 0.599. The highest BCUT2D eigenvalue weighted by molar-refractivity contribution is 4.97. The first kappa shape index (κ1) is 8.11. The Hall–Kier alpha value is -0.990. The predicted molar refractivity (Wildman–Crippen MR) is 44.8 cm³/mol. The van der Waals surface area contributed by atoms with Crippen LogP contribution in [0.15, 0.2) is 10.9 Å². The van der Waals surface area contributed by atoms with Gasteiger partial charge in [0.1, 0.15) is 0 Å². The molecule has 1 heterocycles. The van der Waals surface area contributed by atoms with E-state index in [-0.39, 0.29) is 11.1 Å². The molecule has 0 aliphatic rings. The van der Waals surface area contributed by atoms with Gasteiger partial charge < -0.3 is 0 Å². The Bertz CT molecular complexity index is 301. The molecular formula is C8H14N2O. The number of rotatable bonds is 0. The lowest BCUT2D eigenvalue weighted by Crippen LogP contribution is -2.32. The van der Waals surface area contributed by atoms with Crippen LogP contribution in [0.3, 0.4) is 0 Å². The second-order valence-electron chi connectivity index (χ2n) is 3.78. The Kier molecular flexibility index (Phi) is 1.66. The molecule has 0 atom stereocenters. The van der Waals surface area contributed by atoms with E-state index in [9.17, 15) is 4.79 Å². The van der Waals surface area contributed by atoms with Gasteiger partial charge in [0.25, 0.3) is 5.56 Å². The Morgan fingerprint density at radius 1 is 1.45 bits per heavy atom. The first-order valence-corrected chi connectivity index (χ1v) is 3.70. The maximum absolute atomic E-state index is 11.2. The number of aromatic amines is 1. The van der Waals surface area contributed by atoms with Gasteiger partial charge in [0.05, 0.1) is 5.54 Å². The minimum atomic E-state index is -0.147. The van der Waals surface area contributed by atoms with Crippen molar-refractivity contribution in [3.63, 3.8) is 0 Å². The van der Waals surface area contributed by atoms with E-state index in [0.717, 1.165) is 5.69 Å². The number of hydrogen-bond acceptors (Lipinski definition) is 1. The lowest BCUT2D eigenvalue weighted by Gasteiger charge is -2.18. The first-order valence-electron chi connectivity index (χ1n) is 3.70. The van der Waals surface area contributed by atoms with Crippen molar-refractivity contribution >= 4 is 0 Å². The van der Waals surface area contributed by atoms with Crippen LogP contribution in [0.25, 0.3) is 0 Å². The fourth-order valence-corrected chi connectivity index (χ4v) is 1.01. The zero-order chi connectivity index (χ0) is 8.65. The molecule has 0 aliphatic carbocycles. The van der Waals surface area contributed by atoms with Crippen LogP contribution in [0, 0.1) is 6.92 Å². The molecule has 1 N–H and O–H groups in total. The van der Waals surface area contributed by atoms with Gasteiger partial charge in [-0.25, -0.2) is 4.68 Å². The minimum absolute atomic E-state index is 0.0370. The van der Waals surface area contributed by atoms with Crippen LogP contribution in [0.5, 0.6) is 0 Å². The van der Waals surface area contributed by atoms with Gasteiger partial charge in [0, 0.05) is 11.8 Å². The van der Waals surface area contributed by atoms with E-state index in [0.29, 0.717) is 0 Å². The third-order valence-corrected chi connectivity index (χ3v) is 1.52. The lowest BCUT2D eigenvalue weighted by molar-refractivity contribution is 0.344. The topological polar surface area (TPSA) is 37.8 Å². The summed E-state index contributed by atoms with van der Waals surface area (Å²) in [6.45, 7) is 7.85. The summed E-state index contributed by atoms with van der Waals surface area (Å²) in [6.07, 6.45) is 0. The molecule has 1 aromatic rings. The number of aryl methyl sites for hydroxylation is 1. The van der Waals surface area contributed by atoms with Crippen LogP contribution in [0.1, 0.15) is 26.5 Å². The molecular weight excluding hydrogens is 140 g/mol. The van der Waals surface area contributed by atoms with E-state index >= 15 is 0 Å². The van der Waals surface area contributed by atoms with Gasteiger partial charge in [0.15, 0.2) is 0 Å². The minimum Gasteiger partial charge on any atom is -0.300 e. The van der Waals surface area contributed by atoms with Crippen LogP contribution >= 0.6 is 0 Å². The third kappa shape index (κ3) is 1.53. The van der Waals surface area contributed by atoms with Gasteiger partial charge in [-0.2, -0.15) is 0 Å². The molecule has 0 aromatic carbocycles. The molecule has 11 heavy (non-hydrogen) atoms. The highest BCUT2D eigenvalue weighted by atomic mass is 16.1. The van der Waals surface area contributed by atoms with Crippen LogP contribution in [-0.2, 0) is 5.54 Å². The summed E-state index contributed by atoms with van der Waals surface area (Å²) in [5.41, 5.74) is 0.797. The maximum Gasteiger partial charge on any atom is 0.267 e. The number of nitrogens with zero attached hydrogens (tertiary/aromatic N) is 1. The van der Waals surface area contributed by atoms with Crippen LogP contribution in [0.4, 0.5) is 0 Å². The molecule has 1 rings (SSSR count). The smallest absolute Gasteiger partial charge is 0.267 e. The average molecular weight is 154 g/mol. The molecule has 0 radical (unpaired) electrons. The Morgan fingerprint density at radius 2 is 2.00 bits per heavy atom. The highest BCUT2D eigenvalue weighted by Crippen LogP contribution is 2.08. The summed E-state index contributed by atoms with van der Waals surface area (Å²) < 4.78 is 1.63. The number of aromatic nitrogens is 2. The summed E-state index contributed by atoms with van der Waals surface area (Å²) in [5.74, 6) is 0. The van der Waals surface area contributed by atoms with Crippen molar-refractivity contribution in [1.29, 1.82) is 0 Å². The van der Waals surface area contributed by atoms with Crippen molar-refractivity contribution in [2.75, 3.05) is 0 Å². The van der Waals surface area contributed by atoms with Gasteiger partial charge >= 0.3 is 0 Å². The van der Waals surface area contributed by atoms with E-state index in [4.69, 9.17) is 0 Å². The monoisotopic (exact) mass is 154 g/mol. The van der Waals surface area contributed by atoms with Gasteiger partial charge in [-0.05, 0) is 27.7 Å². The van der Waals surface area contributed by atoms with Crippen molar-refractivity contribution in [3.8, 4) is 0 Å². The molecule has 0 saturated heterocycles. The number of H-pyrrole nitrogens is 1. The van der Waals surface area contributed by atoms with Crippen LogP contribution in [0.2, 0.25) is 0 Å². The van der Waals surface area contributed by atoms with E-state index in [2.05, 4.69) is 5.10 Å². The number of nitrogens with one attached hydrogen (secondary N) is 1. The van der Waals surface area contributed by atoms with Crippen LogP contribution in [-0.4, -0.2) is 9.78 Å². The van der Waals surface area contributed by atoms with Gasteiger partial charge in [-0.3, -0.25) is 9.89 Å². The van der Waals surface area contributed by atoms with Gasteiger partial charge in [-0.15, -0.1) is 0 Å². The number of hydrogen-bond donors (Lipinski definition) is 1. The predicted octanol–water partition coefficient (Wildman–Crippen LogP) is 1.24. The fourth-order valence-electron chi connectivity index (χ4n) is 1.01. The van der Waals surface area contributed by atoms with Crippen molar-refractivity contribution in [1.82, 2.24) is 9.78 Å².